The molecule has 4 aliphatic rings. The second-order valence-electron chi connectivity index (χ2n) is 11.1. The Kier molecular flexibility index (Phi) is 9.55. The summed E-state index contributed by atoms with van der Waals surface area (Å²) < 4.78 is 50.0. The van der Waals surface area contributed by atoms with Crippen LogP contribution in [-0.4, -0.2) is 12.7 Å². The van der Waals surface area contributed by atoms with Gasteiger partial charge in [-0.15, -0.1) is 0 Å². The Balaban J connectivity index is 1.24. The zero-order valence-corrected chi connectivity index (χ0v) is 21.6. The van der Waals surface area contributed by atoms with E-state index in [1.54, 1.807) is 6.08 Å². The van der Waals surface area contributed by atoms with Crippen molar-refractivity contribution in [1.29, 1.82) is 0 Å². The summed E-state index contributed by atoms with van der Waals surface area (Å²) >= 11 is 0. The Bertz CT molecular complexity index is 872. The molecule has 35 heavy (non-hydrogen) atoms. The predicted octanol–water partition coefficient (Wildman–Crippen LogP) is 9.64. The number of allylic oxidation sites excluding steroid dienone is 9. The van der Waals surface area contributed by atoms with Crippen LogP contribution in [0.15, 0.2) is 59.0 Å². The lowest BCUT2D eigenvalue weighted by Gasteiger charge is -2.35. The van der Waals surface area contributed by atoms with Gasteiger partial charge >= 0.3 is 0 Å². The first-order valence-electron chi connectivity index (χ1n) is 14.1. The Hall–Kier alpha value is -1.55. The van der Waals surface area contributed by atoms with E-state index in [0.717, 1.165) is 70.6 Å². The Morgan fingerprint density at radius 2 is 1.71 bits per heavy atom. The minimum absolute atomic E-state index is 0.0412. The van der Waals surface area contributed by atoms with Crippen molar-refractivity contribution in [1.82, 2.24) is 0 Å². The lowest BCUT2D eigenvalue weighted by Crippen LogP contribution is -2.25. The lowest BCUT2D eigenvalue weighted by atomic mass is 9.70. The SMILES string of the molecule is CCCC1=CCC(C2=CCC(C3CCC(CCC4C=C(F)C(OCC)CC4)CC3)C(F)=C2F)C=C1. The monoisotopic (exact) mass is 488 g/mol. The quantitative estimate of drug-likeness (QED) is 0.314. The minimum Gasteiger partial charge on any atom is -0.371 e. The third kappa shape index (κ3) is 6.61. The third-order valence-electron chi connectivity index (χ3n) is 8.77. The highest BCUT2D eigenvalue weighted by atomic mass is 19.2. The van der Waals surface area contributed by atoms with Crippen LogP contribution in [0.2, 0.25) is 0 Å². The maximum atomic E-state index is 15.2. The van der Waals surface area contributed by atoms with Crippen molar-refractivity contribution in [2.24, 2.45) is 29.6 Å². The first-order valence-corrected chi connectivity index (χ1v) is 14.1. The molecule has 1 fully saturated rings. The van der Waals surface area contributed by atoms with Gasteiger partial charge in [-0.05, 0) is 94.1 Å². The van der Waals surface area contributed by atoms with E-state index >= 15 is 8.78 Å². The normalized spacial score (nSPS) is 33.9. The summed E-state index contributed by atoms with van der Waals surface area (Å²) in [6, 6.07) is 0. The molecule has 0 aromatic rings. The zero-order chi connectivity index (χ0) is 24.8. The fraction of sp³-hybridized carbons (Fsp3) is 0.677. The zero-order valence-electron chi connectivity index (χ0n) is 21.6. The van der Waals surface area contributed by atoms with Crippen LogP contribution in [-0.2, 0) is 4.74 Å². The maximum Gasteiger partial charge on any atom is 0.158 e. The Morgan fingerprint density at radius 1 is 0.914 bits per heavy atom. The van der Waals surface area contributed by atoms with Gasteiger partial charge in [-0.3, -0.25) is 0 Å². The van der Waals surface area contributed by atoms with Crippen LogP contribution >= 0.6 is 0 Å². The molecule has 194 valence electrons. The van der Waals surface area contributed by atoms with Gasteiger partial charge < -0.3 is 4.74 Å². The minimum atomic E-state index is -0.596. The number of rotatable bonds is 9. The summed E-state index contributed by atoms with van der Waals surface area (Å²) in [5.74, 6) is -0.382. The average Bonchev–Trinajstić information content (AvgIpc) is 2.87. The van der Waals surface area contributed by atoms with Crippen molar-refractivity contribution in [2.75, 3.05) is 6.61 Å². The predicted molar refractivity (Wildman–Crippen MR) is 138 cm³/mol. The highest BCUT2D eigenvalue weighted by Crippen LogP contribution is 2.46. The summed E-state index contributed by atoms with van der Waals surface area (Å²) in [4.78, 5) is 0. The Labute approximate surface area is 210 Å². The molecule has 1 saturated carbocycles. The van der Waals surface area contributed by atoms with Crippen LogP contribution in [0.25, 0.3) is 0 Å². The van der Waals surface area contributed by atoms with Crippen molar-refractivity contribution in [3.05, 3.63) is 59.0 Å². The van der Waals surface area contributed by atoms with Crippen molar-refractivity contribution in [2.45, 2.75) is 97.0 Å². The largest absolute Gasteiger partial charge is 0.371 e. The van der Waals surface area contributed by atoms with Crippen LogP contribution in [0, 0.1) is 29.6 Å². The molecule has 0 N–H and O–H groups in total. The van der Waals surface area contributed by atoms with Crippen molar-refractivity contribution < 1.29 is 17.9 Å². The molecule has 0 heterocycles. The fourth-order valence-corrected chi connectivity index (χ4v) is 6.67. The fourth-order valence-electron chi connectivity index (χ4n) is 6.67. The highest BCUT2D eigenvalue weighted by molar-refractivity contribution is 5.40. The highest BCUT2D eigenvalue weighted by Gasteiger charge is 2.36. The molecule has 4 rings (SSSR count). The molecular formula is C31H43F3O. The second-order valence-corrected chi connectivity index (χ2v) is 11.1. The van der Waals surface area contributed by atoms with Crippen molar-refractivity contribution in [3.63, 3.8) is 0 Å². The van der Waals surface area contributed by atoms with Gasteiger partial charge in [0.15, 0.2) is 5.83 Å². The van der Waals surface area contributed by atoms with Gasteiger partial charge in [0.05, 0.1) is 0 Å². The molecule has 0 aliphatic heterocycles. The van der Waals surface area contributed by atoms with Crippen LogP contribution in [0.5, 0.6) is 0 Å². The molecule has 0 spiro atoms. The van der Waals surface area contributed by atoms with Gasteiger partial charge in [0, 0.05) is 18.4 Å². The van der Waals surface area contributed by atoms with E-state index in [-0.39, 0.29) is 29.7 Å². The molecule has 4 aliphatic carbocycles. The summed E-state index contributed by atoms with van der Waals surface area (Å²) in [7, 11) is 0. The summed E-state index contributed by atoms with van der Waals surface area (Å²) in [6.07, 6.45) is 21.2. The number of ether oxygens (including phenoxy) is 1. The van der Waals surface area contributed by atoms with Crippen LogP contribution in [0.3, 0.4) is 0 Å². The van der Waals surface area contributed by atoms with E-state index in [0.29, 0.717) is 30.4 Å². The van der Waals surface area contributed by atoms with Gasteiger partial charge in [-0.1, -0.05) is 56.1 Å². The third-order valence-corrected chi connectivity index (χ3v) is 8.77. The molecule has 0 aromatic heterocycles. The van der Waals surface area contributed by atoms with Crippen molar-refractivity contribution in [3.8, 4) is 0 Å². The van der Waals surface area contributed by atoms with Gasteiger partial charge in [0.25, 0.3) is 0 Å². The molecule has 0 amide bonds. The molecule has 0 bridgehead atoms. The molecule has 4 heteroatoms. The molecule has 0 aromatic carbocycles. The smallest absolute Gasteiger partial charge is 0.158 e. The first kappa shape index (κ1) is 26.5. The van der Waals surface area contributed by atoms with Crippen LogP contribution in [0.4, 0.5) is 13.2 Å². The summed E-state index contributed by atoms with van der Waals surface area (Å²) in [5, 5.41) is 0. The van der Waals surface area contributed by atoms with Crippen molar-refractivity contribution >= 4 is 0 Å². The van der Waals surface area contributed by atoms with E-state index in [2.05, 4.69) is 25.2 Å². The molecule has 4 unspecified atom stereocenters. The van der Waals surface area contributed by atoms with E-state index in [1.165, 1.54) is 5.57 Å². The number of halogens is 3. The maximum absolute atomic E-state index is 15.2. The first-order chi connectivity index (χ1) is 17.0. The van der Waals surface area contributed by atoms with E-state index in [1.807, 2.05) is 13.0 Å². The van der Waals surface area contributed by atoms with E-state index in [4.69, 9.17) is 4.74 Å². The number of hydrogen-bond acceptors (Lipinski definition) is 1. The van der Waals surface area contributed by atoms with Crippen LogP contribution < -0.4 is 0 Å². The van der Waals surface area contributed by atoms with E-state index in [9.17, 15) is 4.39 Å². The van der Waals surface area contributed by atoms with Gasteiger partial charge in [-0.2, -0.15) is 0 Å². The molecule has 0 radical (unpaired) electrons. The number of hydrogen-bond donors (Lipinski definition) is 0. The van der Waals surface area contributed by atoms with E-state index < -0.39 is 11.7 Å². The standard InChI is InChI=1S/C31H43F3O/c1-3-5-21-8-13-24(14-9-21)26-17-18-27(31(34)30(26)33)25-15-10-22(11-16-25)6-7-23-12-19-29(35-4-2)28(32)20-23/h8-9,13,17,20,22-25,27,29H,3-7,10-12,14-16,18-19H2,1-2H3. The molecule has 0 saturated heterocycles. The summed E-state index contributed by atoms with van der Waals surface area (Å²) in [5.41, 5.74) is 1.86. The van der Waals surface area contributed by atoms with Gasteiger partial charge in [0.1, 0.15) is 17.8 Å². The molecular weight excluding hydrogens is 445 g/mol. The lowest BCUT2D eigenvalue weighted by molar-refractivity contribution is 0.0553. The average molecular weight is 489 g/mol. The van der Waals surface area contributed by atoms with Gasteiger partial charge in [0.2, 0.25) is 0 Å². The summed E-state index contributed by atoms with van der Waals surface area (Å²) in [6.45, 7) is 4.61. The molecule has 1 nitrogen and oxygen atoms in total. The molecule has 4 atom stereocenters. The van der Waals surface area contributed by atoms with Crippen LogP contribution in [0.1, 0.15) is 90.9 Å². The van der Waals surface area contributed by atoms with Gasteiger partial charge in [-0.25, -0.2) is 13.2 Å². The second kappa shape index (κ2) is 12.6. The Morgan fingerprint density at radius 3 is 2.37 bits per heavy atom. The topological polar surface area (TPSA) is 9.23 Å².